The summed E-state index contributed by atoms with van der Waals surface area (Å²) in [5, 5.41) is 0.789. The largest absolute Gasteiger partial charge is 0.377 e. The minimum absolute atomic E-state index is 0.0134. The molecule has 6 nitrogen and oxygen atoms in total. The molecule has 132 valence electrons. The van der Waals surface area contributed by atoms with Gasteiger partial charge >= 0.3 is 0 Å². The van der Waals surface area contributed by atoms with Crippen LogP contribution in [0.2, 0.25) is 0 Å². The van der Waals surface area contributed by atoms with Gasteiger partial charge in [0, 0.05) is 36.3 Å². The monoisotopic (exact) mass is 349 g/mol. The summed E-state index contributed by atoms with van der Waals surface area (Å²) in [5.41, 5.74) is 1.91. The fraction of sp³-hybridized carbons (Fsp3) is 0.250. The molecule has 4 rings (SSSR count). The first-order valence-corrected chi connectivity index (χ1v) is 8.63. The maximum Gasteiger partial charge on any atom is 0.256 e. The van der Waals surface area contributed by atoms with E-state index in [2.05, 4.69) is 9.97 Å². The Morgan fingerprint density at radius 2 is 2.04 bits per heavy atom. The Morgan fingerprint density at radius 3 is 2.88 bits per heavy atom. The number of pyridine rings is 1. The van der Waals surface area contributed by atoms with Crippen molar-refractivity contribution in [3.8, 4) is 0 Å². The molecule has 0 bridgehead atoms. The van der Waals surface area contributed by atoms with Crippen molar-refractivity contribution in [3.63, 3.8) is 0 Å². The van der Waals surface area contributed by atoms with Crippen molar-refractivity contribution in [1.29, 1.82) is 0 Å². The number of Topliss-reactive ketones (excluding diaryl/α,β-unsaturated/α-hetero) is 1. The Hall–Kier alpha value is -2.99. The van der Waals surface area contributed by atoms with Gasteiger partial charge in [-0.25, -0.2) is 4.98 Å². The van der Waals surface area contributed by atoms with Gasteiger partial charge in [0.05, 0.1) is 24.8 Å². The van der Waals surface area contributed by atoms with Crippen molar-refractivity contribution in [2.45, 2.75) is 12.5 Å². The Morgan fingerprint density at radius 1 is 1.19 bits per heavy atom. The minimum Gasteiger partial charge on any atom is -0.377 e. The second-order valence-electron chi connectivity index (χ2n) is 6.32. The number of H-pyrrole nitrogens is 1. The number of fused-ring (bicyclic) bond motifs is 1. The summed E-state index contributed by atoms with van der Waals surface area (Å²) in [6.07, 6.45) is 3.62. The van der Waals surface area contributed by atoms with Crippen LogP contribution in [0.25, 0.3) is 11.0 Å². The van der Waals surface area contributed by atoms with Crippen LogP contribution in [0.5, 0.6) is 0 Å². The summed E-state index contributed by atoms with van der Waals surface area (Å²) in [4.78, 5) is 34.7. The van der Waals surface area contributed by atoms with Gasteiger partial charge in [0.25, 0.3) is 5.91 Å². The van der Waals surface area contributed by atoms with E-state index in [9.17, 15) is 9.59 Å². The number of nitrogens with zero attached hydrogens (tertiary/aromatic N) is 2. The van der Waals surface area contributed by atoms with Gasteiger partial charge in [0.15, 0.2) is 5.78 Å². The van der Waals surface area contributed by atoms with E-state index in [-0.39, 0.29) is 24.2 Å². The molecular formula is C20H19N3O3. The molecule has 1 aliphatic heterocycles. The van der Waals surface area contributed by atoms with Crippen LogP contribution in [0, 0.1) is 0 Å². The van der Waals surface area contributed by atoms with Crippen LogP contribution in [-0.2, 0) is 4.74 Å². The van der Waals surface area contributed by atoms with Gasteiger partial charge in [0.2, 0.25) is 0 Å². The number of carbonyl (C=O) groups is 2. The lowest BCUT2D eigenvalue weighted by Gasteiger charge is -2.35. The number of aromatic nitrogens is 2. The molecule has 0 aliphatic carbocycles. The van der Waals surface area contributed by atoms with Gasteiger partial charge in [-0.1, -0.05) is 30.3 Å². The zero-order chi connectivity index (χ0) is 17.9. The highest BCUT2D eigenvalue weighted by molar-refractivity contribution is 6.06. The van der Waals surface area contributed by atoms with Crippen molar-refractivity contribution in [2.24, 2.45) is 0 Å². The molecule has 1 amide bonds. The van der Waals surface area contributed by atoms with Gasteiger partial charge in [-0.3, -0.25) is 9.59 Å². The number of ether oxygens (including phenoxy) is 1. The molecule has 3 aromatic rings. The Bertz CT molecular complexity index is 936. The summed E-state index contributed by atoms with van der Waals surface area (Å²) in [7, 11) is 0. The van der Waals surface area contributed by atoms with E-state index in [1.807, 2.05) is 30.3 Å². The van der Waals surface area contributed by atoms with Gasteiger partial charge < -0.3 is 14.6 Å². The second-order valence-corrected chi connectivity index (χ2v) is 6.32. The molecule has 3 heterocycles. The lowest BCUT2D eigenvalue weighted by molar-refractivity contribution is -0.00270. The van der Waals surface area contributed by atoms with Crippen molar-refractivity contribution in [1.82, 2.24) is 14.9 Å². The normalized spacial score (nSPS) is 17.4. The standard InChI is InChI=1S/C20H19N3O3/c24-18(14-5-2-1-3-6-14)11-15-13-26-10-9-23(15)20(25)17-12-22-19-16(17)7-4-8-21-19/h1-8,12,15H,9-11,13H2,(H,21,22). The van der Waals surface area contributed by atoms with Gasteiger partial charge in [-0.15, -0.1) is 0 Å². The van der Waals surface area contributed by atoms with Crippen LogP contribution in [0.3, 0.4) is 0 Å². The molecule has 0 spiro atoms. The van der Waals surface area contributed by atoms with E-state index < -0.39 is 0 Å². The molecular weight excluding hydrogens is 330 g/mol. The lowest BCUT2D eigenvalue weighted by Crippen LogP contribution is -2.49. The fourth-order valence-corrected chi connectivity index (χ4v) is 3.33. The topological polar surface area (TPSA) is 75.3 Å². The number of aromatic amines is 1. The quantitative estimate of drug-likeness (QED) is 0.735. The number of ketones is 1. The third kappa shape index (κ3) is 3.11. The first-order chi connectivity index (χ1) is 12.7. The van der Waals surface area contributed by atoms with Crippen LogP contribution in [0.1, 0.15) is 27.1 Å². The maximum atomic E-state index is 13.1. The van der Waals surface area contributed by atoms with E-state index >= 15 is 0 Å². The molecule has 1 fully saturated rings. The number of benzene rings is 1. The summed E-state index contributed by atoms with van der Waals surface area (Å²) in [6, 6.07) is 12.6. The molecule has 6 heteroatoms. The maximum absolute atomic E-state index is 13.1. The van der Waals surface area contributed by atoms with Crippen molar-refractivity contribution in [3.05, 3.63) is 66.0 Å². The highest BCUT2D eigenvalue weighted by atomic mass is 16.5. The molecule has 1 atom stereocenters. The van der Waals surface area contributed by atoms with Gasteiger partial charge in [0.1, 0.15) is 5.65 Å². The fourth-order valence-electron chi connectivity index (χ4n) is 3.33. The third-order valence-corrected chi connectivity index (χ3v) is 4.69. The van der Waals surface area contributed by atoms with E-state index in [1.165, 1.54) is 0 Å². The third-order valence-electron chi connectivity index (χ3n) is 4.69. The highest BCUT2D eigenvalue weighted by Crippen LogP contribution is 2.22. The molecule has 1 aromatic carbocycles. The molecule has 26 heavy (non-hydrogen) atoms. The van der Waals surface area contributed by atoms with Crippen LogP contribution < -0.4 is 0 Å². The first kappa shape index (κ1) is 16.5. The summed E-state index contributed by atoms with van der Waals surface area (Å²) in [6.45, 7) is 1.31. The molecule has 0 radical (unpaired) electrons. The molecule has 1 unspecified atom stereocenters. The Kier molecular flexibility index (Phi) is 4.50. The van der Waals surface area contributed by atoms with Gasteiger partial charge in [-0.05, 0) is 12.1 Å². The summed E-state index contributed by atoms with van der Waals surface area (Å²) >= 11 is 0. The lowest BCUT2D eigenvalue weighted by atomic mass is 10.0. The number of rotatable bonds is 4. The average molecular weight is 349 g/mol. The Balaban J connectivity index is 1.57. The second kappa shape index (κ2) is 7.09. The number of nitrogens with one attached hydrogen (secondary N) is 1. The van der Waals surface area contributed by atoms with E-state index in [1.54, 1.807) is 29.4 Å². The van der Waals surface area contributed by atoms with Crippen molar-refractivity contribution in [2.75, 3.05) is 19.8 Å². The highest BCUT2D eigenvalue weighted by Gasteiger charge is 2.31. The number of carbonyl (C=O) groups excluding carboxylic acids is 2. The van der Waals surface area contributed by atoms with Crippen LogP contribution in [-0.4, -0.2) is 52.4 Å². The number of morpholine rings is 1. The summed E-state index contributed by atoms with van der Waals surface area (Å²) < 4.78 is 5.54. The SMILES string of the molecule is O=C(CC1COCCN1C(=O)c1c[nH]c2ncccc12)c1ccccc1. The smallest absolute Gasteiger partial charge is 0.256 e. The first-order valence-electron chi connectivity index (χ1n) is 8.63. The average Bonchev–Trinajstić information content (AvgIpc) is 3.13. The minimum atomic E-state index is -0.273. The molecule has 1 N–H and O–H groups in total. The van der Waals surface area contributed by atoms with E-state index in [0.717, 1.165) is 5.39 Å². The molecule has 0 saturated carbocycles. The molecule has 2 aromatic heterocycles. The number of hydrogen-bond acceptors (Lipinski definition) is 4. The Labute approximate surface area is 150 Å². The predicted octanol–water partition coefficient (Wildman–Crippen LogP) is 2.68. The van der Waals surface area contributed by atoms with Crippen LogP contribution in [0.4, 0.5) is 0 Å². The molecule has 1 aliphatic rings. The zero-order valence-electron chi connectivity index (χ0n) is 14.2. The molecule has 1 saturated heterocycles. The van der Waals surface area contributed by atoms with Crippen molar-refractivity contribution >= 4 is 22.7 Å². The van der Waals surface area contributed by atoms with Gasteiger partial charge in [-0.2, -0.15) is 0 Å². The summed E-state index contributed by atoms with van der Waals surface area (Å²) in [5.74, 6) is -0.0853. The number of hydrogen-bond donors (Lipinski definition) is 1. The van der Waals surface area contributed by atoms with Crippen LogP contribution >= 0.6 is 0 Å². The van der Waals surface area contributed by atoms with Crippen LogP contribution in [0.15, 0.2) is 54.9 Å². The van der Waals surface area contributed by atoms with E-state index in [4.69, 9.17) is 4.74 Å². The predicted molar refractivity (Wildman–Crippen MR) is 97.1 cm³/mol. The zero-order valence-corrected chi connectivity index (χ0v) is 14.2. The van der Waals surface area contributed by atoms with Crippen molar-refractivity contribution < 1.29 is 14.3 Å². The number of amides is 1. The van der Waals surface area contributed by atoms with E-state index in [0.29, 0.717) is 36.5 Å².